The van der Waals surface area contributed by atoms with Crippen LogP contribution >= 0.6 is 15.9 Å². The van der Waals surface area contributed by atoms with Crippen molar-refractivity contribution in [3.05, 3.63) is 34.3 Å². The molecule has 1 fully saturated rings. The van der Waals surface area contributed by atoms with Gasteiger partial charge in [-0.3, -0.25) is 0 Å². The van der Waals surface area contributed by atoms with Crippen LogP contribution in [0.2, 0.25) is 0 Å². The van der Waals surface area contributed by atoms with Crippen LogP contribution in [0.1, 0.15) is 45.2 Å². The highest BCUT2D eigenvalue weighted by molar-refractivity contribution is 9.10. The molecule has 20 heavy (non-hydrogen) atoms. The first kappa shape index (κ1) is 16.0. The number of nitrogens with one attached hydrogen (secondary N) is 1. The largest absolute Gasteiger partial charge is 0.307 e. The van der Waals surface area contributed by atoms with Crippen molar-refractivity contribution in [2.75, 3.05) is 19.6 Å². The van der Waals surface area contributed by atoms with Gasteiger partial charge in [0.25, 0.3) is 0 Å². The molecule has 0 spiro atoms. The molecule has 1 aliphatic rings. The van der Waals surface area contributed by atoms with Gasteiger partial charge in [-0.1, -0.05) is 35.0 Å². The number of rotatable bonds is 5. The zero-order valence-corrected chi connectivity index (χ0v) is 14.5. The fourth-order valence-corrected chi connectivity index (χ4v) is 3.61. The van der Waals surface area contributed by atoms with Crippen LogP contribution in [0.15, 0.2) is 28.7 Å². The Kier molecular flexibility index (Phi) is 6.06. The van der Waals surface area contributed by atoms with Crippen molar-refractivity contribution in [1.29, 1.82) is 0 Å². The number of halogens is 1. The van der Waals surface area contributed by atoms with Gasteiger partial charge in [0.1, 0.15) is 0 Å². The Morgan fingerprint density at radius 1 is 1.40 bits per heavy atom. The van der Waals surface area contributed by atoms with Crippen LogP contribution in [0.5, 0.6) is 0 Å². The smallest absolute Gasteiger partial charge is 0.0294 e. The number of piperidine rings is 1. The van der Waals surface area contributed by atoms with Crippen molar-refractivity contribution in [3.8, 4) is 0 Å². The molecule has 3 heteroatoms. The minimum atomic E-state index is 0.402. The summed E-state index contributed by atoms with van der Waals surface area (Å²) >= 11 is 3.56. The number of hydrogen-bond donors (Lipinski definition) is 1. The van der Waals surface area contributed by atoms with Crippen molar-refractivity contribution in [3.63, 3.8) is 0 Å². The lowest BCUT2D eigenvalue weighted by Gasteiger charge is -2.36. The number of nitrogens with zero attached hydrogens (tertiary/aromatic N) is 1. The average Bonchev–Trinajstić information content (AvgIpc) is 2.47. The van der Waals surface area contributed by atoms with Crippen molar-refractivity contribution in [2.24, 2.45) is 5.92 Å². The van der Waals surface area contributed by atoms with Crippen molar-refractivity contribution in [2.45, 2.75) is 45.7 Å². The Balaban J connectivity index is 1.91. The highest BCUT2D eigenvalue weighted by atomic mass is 79.9. The third kappa shape index (κ3) is 4.31. The summed E-state index contributed by atoms with van der Waals surface area (Å²) in [6, 6.07) is 9.58. The maximum atomic E-state index is 3.79. The van der Waals surface area contributed by atoms with Gasteiger partial charge >= 0.3 is 0 Å². The normalized spacial score (nSPS) is 23.5. The molecule has 1 aliphatic heterocycles. The Morgan fingerprint density at radius 3 is 2.90 bits per heavy atom. The summed E-state index contributed by atoms with van der Waals surface area (Å²) in [6.07, 6.45) is 2.70. The zero-order valence-electron chi connectivity index (χ0n) is 12.9. The SMILES string of the molecule is CCN1CCCC(C(C)N[C@@H](C)c2cccc(Br)c2)C1. The Morgan fingerprint density at radius 2 is 2.20 bits per heavy atom. The fourth-order valence-electron chi connectivity index (χ4n) is 3.19. The molecule has 0 saturated carbocycles. The van der Waals surface area contributed by atoms with E-state index in [1.165, 1.54) is 38.0 Å². The standard InChI is InChI=1S/C17H27BrN2/c1-4-20-10-6-8-16(12-20)14(3)19-13(2)15-7-5-9-17(18)11-15/h5,7,9,11,13-14,16,19H,4,6,8,10,12H2,1-3H3/t13-,14?,16?/m0/s1. The molecule has 1 N–H and O–H groups in total. The molecule has 0 aromatic heterocycles. The van der Waals surface area contributed by atoms with Gasteiger partial charge in [-0.15, -0.1) is 0 Å². The lowest BCUT2D eigenvalue weighted by atomic mass is 9.90. The summed E-state index contributed by atoms with van der Waals surface area (Å²) in [4.78, 5) is 2.58. The molecule has 112 valence electrons. The monoisotopic (exact) mass is 338 g/mol. The van der Waals surface area contributed by atoms with Gasteiger partial charge in [0.15, 0.2) is 0 Å². The molecule has 1 aromatic rings. The van der Waals surface area contributed by atoms with E-state index in [9.17, 15) is 0 Å². The van der Waals surface area contributed by atoms with Crippen LogP contribution in [0, 0.1) is 5.92 Å². The molecule has 0 amide bonds. The van der Waals surface area contributed by atoms with Crippen molar-refractivity contribution in [1.82, 2.24) is 10.2 Å². The summed E-state index contributed by atoms with van der Waals surface area (Å²) in [7, 11) is 0. The van der Waals surface area contributed by atoms with Gasteiger partial charge in [0.2, 0.25) is 0 Å². The minimum absolute atomic E-state index is 0.402. The number of hydrogen-bond acceptors (Lipinski definition) is 2. The third-order valence-electron chi connectivity index (χ3n) is 4.56. The molecule has 0 aliphatic carbocycles. The zero-order chi connectivity index (χ0) is 14.5. The summed E-state index contributed by atoms with van der Waals surface area (Å²) in [5, 5.41) is 3.79. The number of benzene rings is 1. The van der Waals surface area contributed by atoms with Gasteiger partial charge in [-0.2, -0.15) is 0 Å². The predicted octanol–water partition coefficient (Wildman–Crippen LogP) is 4.22. The van der Waals surface area contributed by atoms with Gasteiger partial charge < -0.3 is 10.2 Å². The minimum Gasteiger partial charge on any atom is -0.307 e. The lowest BCUT2D eigenvalue weighted by molar-refractivity contribution is 0.153. The molecule has 2 nitrogen and oxygen atoms in total. The molecule has 2 rings (SSSR count). The molecule has 1 heterocycles. The predicted molar refractivity (Wildman–Crippen MR) is 90.0 cm³/mol. The van der Waals surface area contributed by atoms with E-state index in [2.05, 4.69) is 71.2 Å². The van der Waals surface area contributed by atoms with E-state index in [0.29, 0.717) is 12.1 Å². The van der Waals surface area contributed by atoms with Crippen molar-refractivity contribution >= 4 is 15.9 Å². The maximum absolute atomic E-state index is 3.79. The fraction of sp³-hybridized carbons (Fsp3) is 0.647. The highest BCUT2D eigenvalue weighted by Crippen LogP contribution is 2.23. The Labute approximate surface area is 132 Å². The summed E-state index contributed by atoms with van der Waals surface area (Å²) in [5.41, 5.74) is 1.36. The topological polar surface area (TPSA) is 15.3 Å². The molecule has 2 unspecified atom stereocenters. The molecule has 3 atom stereocenters. The van der Waals surface area contributed by atoms with Crippen LogP contribution in [0.3, 0.4) is 0 Å². The average molecular weight is 339 g/mol. The summed E-state index contributed by atoms with van der Waals surface area (Å²) < 4.78 is 1.16. The quantitative estimate of drug-likeness (QED) is 0.864. The molecule has 1 aromatic carbocycles. The van der Waals surface area contributed by atoms with E-state index in [1.54, 1.807) is 0 Å². The highest BCUT2D eigenvalue weighted by Gasteiger charge is 2.24. The van der Waals surface area contributed by atoms with Crippen LogP contribution in [-0.4, -0.2) is 30.6 Å². The first-order chi connectivity index (χ1) is 9.60. The second kappa shape index (κ2) is 7.58. The second-order valence-corrected chi connectivity index (χ2v) is 6.94. The Bertz CT molecular complexity index is 421. The molecule has 0 bridgehead atoms. The molecule has 1 saturated heterocycles. The van der Waals surface area contributed by atoms with Gasteiger partial charge in [0.05, 0.1) is 0 Å². The first-order valence-electron chi connectivity index (χ1n) is 7.84. The van der Waals surface area contributed by atoms with E-state index in [0.717, 1.165) is 10.4 Å². The van der Waals surface area contributed by atoms with Crippen LogP contribution in [-0.2, 0) is 0 Å². The lowest BCUT2D eigenvalue weighted by Crippen LogP contribution is -2.44. The van der Waals surface area contributed by atoms with E-state index in [-0.39, 0.29) is 0 Å². The summed E-state index contributed by atoms with van der Waals surface area (Å²) in [5.74, 6) is 0.776. The van der Waals surface area contributed by atoms with Crippen LogP contribution in [0.4, 0.5) is 0 Å². The summed E-state index contributed by atoms with van der Waals surface area (Å²) in [6.45, 7) is 10.6. The van der Waals surface area contributed by atoms with Crippen LogP contribution in [0.25, 0.3) is 0 Å². The number of likely N-dealkylation sites (tertiary alicyclic amines) is 1. The molecular weight excluding hydrogens is 312 g/mol. The van der Waals surface area contributed by atoms with Gasteiger partial charge in [-0.05, 0) is 63.4 Å². The van der Waals surface area contributed by atoms with E-state index in [4.69, 9.17) is 0 Å². The third-order valence-corrected chi connectivity index (χ3v) is 5.05. The van der Waals surface area contributed by atoms with Gasteiger partial charge in [-0.25, -0.2) is 0 Å². The van der Waals surface area contributed by atoms with E-state index in [1.807, 2.05) is 0 Å². The van der Waals surface area contributed by atoms with Gasteiger partial charge in [0, 0.05) is 23.1 Å². The van der Waals surface area contributed by atoms with E-state index >= 15 is 0 Å². The maximum Gasteiger partial charge on any atom is 0.0294 e. The van der Waals surface area contributed by atoms with Crippen LogP contribution < -0.4 is 5.32 Å². The van der Waals surface area contributed by atoms with E-state index < -0.39 is 0 Å². The Hall–Kier alpha value is -0.380. The molecular formula is C17H27BrN2. The first-order valence-corrected chi connectivity index (χ1v) is 8.63. The second-order valence-electron chi connectivity index (χ2n) is 6.03. The van der Waals surface area contributed by atoms with Crippen molar-refractivity contribution < 1.29 is 0 Å². The molecule has 0 radical (unpaired) electrons.